The van der Waals surface area contributed by atoms with Crippen LogP contribution in [0.25, 0.3) is 11.0 Å². The molecule has 114 valence electrons. The van der Waals surface area contributed by atoms with E-state index < -0.39 is 0 Å². The van der Waals surface area contributed by atoms with Crippen LogP contribution in [-0.2, 0) is 7.05 Å². The summed E-state index contributed by atoms with van der Waals surface area (Å²) < 4.78 is 3.69. The molecule has 4 rings (SSSR count). The van der Waals surface area contributed by atoms with Crippen LogP contribution in [0.1, 0.15) is 38.1 Å². The highest BCUT2D eigenvalue weighted by atomic mass is 32.2. The van der Waals surface area contributed by atoms with Gasteiger partial charge in [0, 0.05) is 7.05 Å². The van der Waals surface area contributed by atoms with Gasteiger partial charge in [-0.25, -0.2) is 14.6 Å². The van der Waals surface area contributed by atoms with Gasteiger partial charge in [0.15, 0.2) is 5.65 Å². The van der Waals surface area contributed by atoms with Crippen LogP contribution in [0.15, 0.2) is 22.7 Å². The smallest absolute Gasteiger partial charge is 0.215 e. The molecule has 0 N–H and O–H groups in total. The number of rotatable bonds is 3. The van der Waals surface area contributed by atoms with Crippen molar-refractivity contribution < 1.29 is 0 Å². The number of fused-ring (bicyclic) bond motifs is 1. The first-order chi connectivity index (χ1) is 10.8. The van der Waals surface area contributed by atoms with Crippen molar-refractivity contribution >= 4 is 22.8 Å². The number of tetrazole rings is 1. The van der Waals surface area contributed by atoms with Crippen LogP contribution in [0.3, 0.4) is 0 Å². The van der Waals surface area contributed by atoms with E-state index in [2.05, 4.69) is 30.6 Å². The molecule has 3 heterocycles. The van der Waals surface area contributed by atoms with Crippen LogP contribution in [0.2, 0.25) is 0 Å². The van der Waals surface area contributed by atoms with E-state index >= 15 is 0 Å². The molecule has 0 radical (unpaired) electrons. The zero-order chi connectivity index (χ0) is 14.9. The Bertz CT molecular complexity index is 788. The molecule has 8 nitrogen and oxygen atoms in total. The standard InChI is InChI=1S/C13H16N8S/c1-20-11-10(7-16-20)12(15-8-14-11)22-13-17-18-19-21(13)9-5-3-2-4-6-9/h7-9H,2-6H2,1H3. The van der Waals surface area contributed by atoms with Gasteiger partial charge < -0.3 is 0 Å². The van der Waals surface area contributed by atoms with Gasteiger partial charge in [-0.15, -0.1) is 5.10 Å². The third-order valence-corrected chi connectivity index (χ3v) is 5.03. The number of hydrogen-bond donors (Lipinski definition) is 0. The van der Waals surface area contributed by atoms with Crippen molar-refractivity contribution in [1.29, 1.82) is 0 Å². The van der Waals surface area contributed by atoms with Crippen molar-refractivity contribution in [1.82, 2.24) is 40.0 Å². The number of hydrogen-bond acceptors (Lipinski definition) is 7. The summed E-state index contributed by atoms with van der Waals surface area (Å²) in [4.78, 5) is 8.63. The largest absolute Gasteiger partial charge is 0.250 e. The van der Waals surface area contributed by atoms with Gasteiger partial charge in [0.25, 0.3) is 0 Å². The van der Waals surface area contributed by atoms with Gasteiger partial charge in [-0.2, -0.15) is 5.10 Å². The van der Waals surface area contributed by atoms with Crippen LogP contribution in [0.5, 0.6) is 0 Å². The minimum atomic E-state index is 0.400. The van der Waals surface area contributed by atoms with Gasteiger partial charge in [0.05, 0.1) is 17.6 Å². The van der Waals surface area contributed by atoms with Gasteiger partial charge in [0.1, 0.15) is 11.4 Å². The highest BCUT2D eigenvalue weighted by Gasteiger charge is 2.21. The monoisotopic (exact) mass is 316 g/mol. The summed E-state index contributed by atoms with van der Waals surface area (Å²) in [6.07, 6.45) is 9.43. The first kappa shape index (κ1) is 13.6. The first-order valence-electron chi connectivity index (χ1n) is 7.41. The molecule has 0 atom stereocenters. The Kier molecular flexibility index (Phi) is 3.49. The molecule has 3 aromatic rings. The number of aromatic nitrogens is 8. The fourth-order valence-corrected chi connectivity index (χ4v) is 3.80. The molecule has 0 bridgehead atoms. The average Bonchev–Trinajstić information content (AvgIpc) is 3.16. The molecule has 1 saturated carbocycles. The van der Waals surface area contributed by atoms with Crippen molar-refractivity contribution in [3.63, 3.8) is 0 Å². The Labute approximate surface area is 131 Å². The van der Waals surface area contributed by atoms with Crippen molar-refractivity contribution in [2.75, 3.05) is 0 Å². The third-order valence-electron chi connectivity index (χ3n) is 4.06. The van der Waals surface area contributed by atoms with E-state index in [1.807, 2.05) is 11.7 Å². The van der Waals surface area contributed by atoms with Gasteiger partial charge in [-0.3, -0.25) is 4.68 Å². The molecule has 0 amide bonds. The van der Waals surface area contributed by atoms with Gasteiger partial charge in [0.2, 0.25) is 5.16 Å². The van der Waals surface area contributed by atoms with Crippen LogP contribution in [-0.4, -0.2) is 40.0 Å². The molecule has 22 heavy (non-hydrogen) atoms. The fourth-order valence-electron chi connectivity index (χ4n) is 2.92. The first-order valence-corrected chi connectivity index (χ1v) is 8.23. The summed E-state index contributed by atoms with van der Waals surface area (Å²) in [7, 11) is 1.87. The van der Waals surface area contributed by atoms with E-state index in [1.54, 1.807) is 17.2 Å². The van der Waals surface area contributed by atoms with Crippen molar-refractivity contribution in [2.24, 2.45) is 7.05 Å². The lowest BCUT2D eigenvalue weighted by atomic mass is 9.96. The Hall–Kier alpha value is -2.03. The maximum absolute atomic E-state index is 4.37. The van der Waals surface area contributed by atoms with Crippen molar-refractivity contribution in [3.8, 4) is 0 Å². The molecule has 1 aliphatic rings. The highest BCUT2D eigenvalue weighted by molar-refractivity contribution is 7.99. The van der Waals surface area contributed by atoms with E-state index in [-0.39, 0.29) is 0 Å². The van der Waals surface area contributed by atoms with Gasteiger partial charge in [-0.05, 0) is 35.0 Å². The van der Waals surface area contributed by atoms with Crippen LogP contribution < -0.4 is 0 Å². The van der Waals surface area contributed by atoms with Crippen LogP contribution in [0.4, 0.5) is 0 Å². The summed E-state index contributed by atoms with van der Waals surface area (Å²) in [5, 5.41) is 19.0. The Morgan fingerprint density at radius 1 is 1.18 bits per heavy atom. The summed E-state index contributed by atoms with van der Waals surface area (Å²) in [5.74, 6) is 0. The normalized spacial score (nSPS) is 16.4. The molecular formula is C13H16N8S. The van der Waals surface area contributed by atoms with Crippen molar-refractivity contribution in [3.05, 3.63) is 12.5 Å². The fraction of sp³-hybridized carbons (Fsp3) is 0.538. The second-order valence-corrected chi connectivity index (χ2v) is 6.44. The molecule has 0 spiro atoms. The molecule has 0 aliphatic heterocycles. The Balaban J connectivity index is 1.67. The topological polar surface area (TPSA) is 87.2 Å². The summed E-state index contributed by atoms with van der Waals surface area (Å²) in [6.45, 7) is 0. The second kappa shape index (κ2) is 5.64. The lowest BCUT2D eigenvalue weighted by molar-refractivity contribution is 0.307. The van der Waals surface area contributed by atoms with Crippen molar-refractivity contribution in [2.45, 2.75) is 48.3 Å². The van der Waals surface area contributed by atoms with E-state index in [0.29, 0.717) is 6.04 Å². The minimum absolute atomic E-state index is 0.400. The summed E-state index contributed by atoms with van der Waals surface area (Å²) in [6, 6.07) is 0.400. The number of nitrogens with zero attached hydrogens (tertiary/aromatic N) is 8. The average molecular weight is 316 g/mol. The van der Waals surface area contributed by atoms with Crippen LogP contribution >= 0.6 is 11.8 Å². The van der Waals surface area contributed by atoms with E-state index in [1.165, 1.54) is 31.0 Å². The van der Waals surface area contributed by atoms with E-state index in [4.69, 9.17) is 0 Å². The maximum Gasteiger partial charge on any atom is 0.215 e. The lowest BCUT2D eigenvalue weighted by Crippen LogP contribution is -2.15. The molecular weight excluding hydrogens is 300 g/mol. The SMILES string of the molecule is Cn1ncc2c(Sc3nnnn3C3CCCCC3)ncnc21. The van der Waals surface area contributed by atoms with Crippen LogP contribution in [0, 0.1) is 0 Å². The molecule has 0 aromatic carbocycles. The summed E-state index contributed by atoms with van der Waals surface area (Å²) in [5.41, 5.74) is 0.814. The quantitative estimate of drug-likeness (QED) is 0.683. The molecule has 3 aromatic heterocycles. The molecule has 1 fully saturated rings. The maximum atomic E-state index is 4.37. The highest BCUT2D eigenvalue weighted by Crippen LogP contribution is 2.34. The van der Waals surface area contributed by atoms with Gasteiger partial charge >= 0.3 is 0 Å². The molecule has 9 heteroatoms. The zero-order valence-corrected chi connectivity index (χ0v) is 13.1. The minimum Gasteiger partial charge on any atom is -0.250 e. The lowest BCUT2D eigenvalue weighted by Gasteiger charge is -2.21. The van der Waals surface area contributed by atoms with Gasteiger partial charge in [-0.1, -0.05) is 19.3 Å². The summed E-state index contributed by atoms with van der Waals surface area (Å²) >= 11 is 1.48. The number of aryl methyl sites for hydroxylation is 1. The molecule has 0 saturated heterocycles. The Morgan fingerprint density at radius 2 is 2.05 bits per heavy atom. The van der Waals surface area contributed by atoms with E-state index in [9.17, 15) is 0 Å². The predicted octanol–water partition coefficient (Wildman–Crippen LogP) is 2.01. The Morgan fingerprint density at radius 3 is 2.91 bits per heavy atom. The van der Waals surface area contributed by atoms with E-state index in [0.717, 1.165) is 34.1 Å². The second-order valence-electron chi connectivity index (χ2n) is 5.48. The zero-order valence-electron chi connectivity index (χ0n) is 12.3. The third kappa shape index (κ3) is 2.35. The predicted molar refractivity (Wildman–Crippen MR) is 80.4 cm³/mol. The molecule has 0 unspecified atom stereocenters. The molecule has 1 aliphatic carbocycles.